The molecule has 134 valence electrons. The molecular formula is C18H28N2O3S. The fraction of sp³-hybridized carbons (Fsp3) is 0.667. The lowest BCUT2D eigenvalue weighted by molar-refractivity contribution is -0.129. The highest BCUT2D eigenvalue weighted by molar-refractivity contribution is 7.07. The van der Waals surface area contributed by atoms with Gasteiger partial charge in [0.25, 0.3) is 0 Å². The van der Waals surface area contributed by atoms with Crippen LogP contribution in [0.25, 0.3) is 0 Å². The number of ether oxygens (including phenoxy) is 1. The Morgan fingerprint density at radius 3 is 2.33 bits per heavy atom. The van der Waals surface area contributed by atoms with E-state index in [1.165, 1.54) is 0 Å². The van der Waals surface area contributed by atoms with Crippen molar-refractivity contribution in [1.82, 2.24) is 9.80 Å². The van der Waals surface area contributed by atoms with E-state index in [9.17, 15) is 9.59 Å². The van der Waals surface area contributed by atoms with Crippen LogP contribution in [0.15, 0.2) is 16.8 Å². The second-order valence-corrected chi connectivity index (χ2v) is 9.21. The highest BCUT2D eigenvalue weighted by Crippen LogP contribution is 2.36. The molecule has 5 nitrogen and oxygen atoms in total. The Morgan fingerprint density at radius 1 is 1.25 bits per heavy atom. The van der Waals surface area contributed by atoms with Crippen molar-refractivity contribution >= 4 is 23.3 Å². The highest BCUT2D eigenvalue weighted by atomic mass is 32.1. The third-order valence-electron chi connectivity index (χ3n) is 3.99. The Kier molecular flexibility index (Phi) is 5.00. The van der Waals surface area contributed by atoms with Crippen LogP contribution in [0.1, 0.15) is 47.1 Å². The van der Waals surface area contributed by atoms with E-state index in [0.717, 1.165) is 5.56 Å². The maximum Gasteiger partial charge on any atom is 0.412 e. The van der Waals surface area contributed by atoms with Gasteiger partial charge in [0, 0.05) is 18.9 Å². The quantitative estimate of drug-likeness (QED) is 0.815. The minimum atomic E-state index is -0.601. The van der Waals surface area contributed by atoms with Crippen LogP contribution in [0.4, 0.5) is 4.79 Å². The first-order chi connectivity index (χ1) is 10.9. The molecule has 0 spiro atoms. The molecule has 1 saturated heterocycles. The van der Waals surface area contributed by atoms with Crippen molar-refractivity contribution in [1.29, 1.82) is 0 Å². The molecule has 2 heterocycles. The Balaban J connectivity index is 2.38. The first-order valence-corrected chi connectivity index (χ1v) is 9.15. The second kappa shape index (κ2) is 6.39. The van der Waals surface area contributed by atoms with Crippen LogP contribution in [0, 0.1) is 5.41 Å². The Hall–Kier alpha value is -1.56. The monoisotopic (exact) mass is 352 g/mol. The van der Waals surface area contributed by atoms with Gasteiger partial charge >= 0.3 is 6.09 Å². The van der Waals surface area contributed by atoms with Crippen molar-refractivity contribution in [2.75, 3.05) is 7.05 Å². The van der Waals surface area contributed by atoms with Gasteiger partial charge in [0.15, 0.2) is 0 Å². The number of amides is 2. The molecule has 0 aliphatic carbocycles. The largest absolute Gasteiger partial charge is 0.444 e. The maximum absolute atomic E-state index is 12.9. The standard InChI is InChI=1S/C18H28N2O3S/c1-17(2,3)15-19(7)14(21)13(10-12-8-9-24-11-12)20(15)16(22)23-18(4,5)6/h8-9,11,13,15H,10H2,1-7H3. The van der Waals surface area contributed by atoms with Crippen LogP contribution in [0.5, 0.6) is 0 Å². The van der Waals surface area contributed by atoms with Gasteiger partial charge in [0.05, 0.1) is 0 Å². The number of thiophene rings is 1. The van der Waals surface area contributed by atoms with Gasteiger partial charge in [-0.25, -0.2) is 4.79 Å². The summed E-state index contributed by atoms with van der Waals surface area (Å²) in [6.07, 6.45) is -0.248. The number of hydrogen-bond acceptors (Lipinski definition) is 4. The Morgan fingerprint density at radius 2 is 1.88 bits per heavy atom. The molecule has 24 heavy (non-hydrogen) atoms. The molecular weight excluding hydrogens is 324 g/mol. The summed E-state index contributed by atoms with van der Waals surface area (Å²) in [4.78, 5) is 29.0. The number of nitrogens with zero attached hydrogens (tertiary/aromatic N) is 2. The molecule has 2 amide bonds. The van der Waals surface area contributed by atoms with E-state index < -0.39 is 17.7 Å². The SMILES string of the molecule is CN1C(=O)C(Cc2ccsc2)N(C(=O)OC(C)(C)C)C1C(C)(C)C. The zero-order valence-corrected chi connectivity index (χ0v) is 16.4. The molecule has 0 saturated carbocycles. The topological polar surface area (TPSA) is 49.9 Å². The van der Waals surface area contributed by atoms with Crippen molar-refractivity contribution in [3.63, 3.8) is 0 Å². The lowest BCUT2D eigenvalue weighted by Gasteiger charge is -2.39. The third kappa shape index (κ3) is 3.91. The average Bonchev–Trinajstić information content (AvgIpc) is 2.98. The lowest BCUT2D eigenvalue weighted by Crippen LogP contribution is -2.52. The van der Waals surface area contributed by atoms with E-state index >= 15 is 0 Å². The van der Waals surface area contributed by atoms with Crippen LogP contribution in [-0.2, 0) is 16.0 Å². The number of carbonyl (C=O) groups excluding carboxylic acids is 2. The van der Waals surface area contributed by atoms with Crippen molar-refractivity contribution in [3.05, 3.63) is 22.4 Å². The van der Waals surface area contributed by atoms with Crippen LogP contribution >= 0.6 is 11.3 Å². The molecule has 1 aliphatic heterocycles. The summed E-state index contributed by atoms with van der Waals surface area (Å²) in [5.74, 6) is -0.0352. The molecule has 0 aromatic carbocycles. The summed E-state index contributed by atoms with van der Waals surface area (Å²) in [6.45, 7) is 11.6. The van der Waals surface area contributed by atoms with Crippen LogP contribution in [0.3, 0.4) is 0 Å². The molecule has 2 rings (SSSR count). The molecule has 1 fully saturated rings. The first kappa shape index (κ1) is 18.8. The van der Waals surface area contributed by atoms with Gasteiger partial charge < -0.3 is 9.64 Å². The summed E-state index contributed by atoms with van der Waals surface area (Å²) in [6, 6.07) is 1.47. The van der Waals surface area contributed by atoms with Gasteiger partial charge in [0.2, 0.25) is 5.91 Å². The number of likely N-dealkylation sites (N-methyl/N-ethyl adjacent to an activating group) is 1. The average molecular weight is 353 g/mol. The van der Waals surface area contributed by atoms with Crippen molar-refractivity contribution in [2.45, 2.75) is 65.8 Å². The Labute approximate surface area is 148 Å². The predicted octanol–water partition coefficient (Wildman–Crippen LogP) is 3.74. The van der Waals surface area contributed by atoms with E-state index in [2.05, 4.69) is 0 Å². The summed E-state index contributed by atoms with van der Waals surface area (Å²) >= 11 is 1.59. The zero-order chi connectivity index (χ0) is 18.3. The van der Waals surface area contributed by atoms with Gasteiger partial charge in [-0.1, -0.05) is 20.8 Å². The van der Waals surface area contributed by atoms with Gasteiger partial charge in [-0.05, 0) is 43.2 Å². The second-order valence-electron chi connectivity index (χ2n) is 8.43. The van der Waals surface area contributed by atoms with Crippen molar-refractivity contribution in [3.8, 4) is 0 Å². The zero-order valence-electron chi connectivity index (χ0n) is 15.6. The van der Waals surface area contributed by atoms with Crippen LogP contribution < -0.4 is 0 Å². The normalized spacial score (nSPS) is 22.2. The molecule has 0 N–H and O–H groups in total. The molecule has 6 heteroatoms. The minimum absolute atomic E-state index is 0.0352. The highest BCUT2D eigenvalue weighted by Gasteiger charge is 2.52. The summed E-state index contributed by atoms with van der Waals surface area (Å²) < 4.78 is 5.60. The van der Waals surface area contributed by atoms with E-state index in [4.69, 9.17) is 4.74 Å². The number of hydrogen-bond donors (Lipinski definition) is 0. The van der Waals surface area contributed by atoms with Crippen molar-refractivity contribution < 1.29 is 14.3 Å². The molecule has 1 aromatic rings. The third-order valence-corrected chi connectivity index (χ3v) is 4.72. The van der Waals surface area contributed by atoms with E-state index in [0.29, 0.717) is 6.42 Å². The summed E-state index contributed by atoms with van der Waals surface area (Å²) in [5.41, 5.74) is 0.191. The molecule has 2 atom stereocenters. The molecule has 0 bridgehead atoms. The molecule has 0 radical (unpaired) electrons. The van der Waals surface area contributed by atoms with E-state index in [1.807, 2.05) is 58.4 Å². The lowest BCUT2D eigenvalue weighted by atomic mass is 9.91. The fourth-order valence-corrected chi connectivity index (χ4v) is 3.87. The predicted molar refractivity (Wildman–Crippen MR) is 95.9 cm³/mol. The Bertz CT molecular complexity index is 599. The van der Waals surface area contributed by atoms with Gasteiger partial charge in [0.1, 0.15) is 17.8 Å². The molecule has 1 aromatic heterocycles. The first-order valence-electron chi connectivity index (χ1n) is 8.21. The smallest absolute Gasteiger partial charge is 0.412 e. The molecule has 1 aliphatic rings. The molecule has 2 unspecified atom stereocenters. The number of rotatable bonds is 2. The summed E-state index contributed by atoms with van der Waals surface area (Å²) in [5, 5.41) is 4.00. The van der Waals surface area contributed by atoms with Gasteiger partial charge in [-0.15, -0.1) is 0 Å². The maximum atomic E-state index is 12.9. The van der Waals surface area contributed by atoms with Gasteiger partial charge in [-0.2, -0.15) is 11.3 Å². The van der Waals surface area contributed by atoms with E-state index in [1.54, 1.807) is 28.2 Å². The minimum Gasteiger partial charge on any atom is -0.444 e. The number of carbonyl (C=O) groups is 2. The van der Waals surface area contributed by atoms with Crippen molar-refractivity contribution in [2.24, 2.45) is 5.41 Å². The summed E-state index contributed by atoms with van der Waals surface area (Å²) in [7, 11) is 1.77. The van der Waals surface area contributed by atoms with Gasteiger partial charge in [-0.3, -0.25) is 9.69 Å². The fourth-order valence-electron chi connectivity index (χ4n) is 3.19. The van der Waals surface area contributed by atoms with Crippen LogP contribution in [-0.4, -0.2) is 46.7 Å². The van der Waals surface area contributed by atoms with Crippen LogP contribution in [0.2, 0.25) is 0 Å². The van der Waals surface area contributed by atoms with E-state index in [-0.39, 0.29) is 17.5 Å².